The van der Waals surface area contributed by atoms with Crippen molar-refractivity contribution in [1.82, 2.24) is 0 Å². The van der Waals surface area contributed by atoms with Crippen LogP contribution < -0.4 is 0 Å². The summed E-state index contributed by atoms with van der Waals surface area (Å²) < 4.78 is 11.6. The van der Waals surface area contributed by atoms with Crippen molar-refractivity contribution >= 4 is 18.2 Å². The third-order valence-corrected chi connectivity index (χ3v) is 14.0. The van der Waals surface area contributed by atoms with Gasteiger partial charge in [0.1, 0.15) is 19.0 Å². The predicted molar refractivity (Wildman–Crippen MR) is 152 cm³/mol. The van der Waals surface area contributed by atoms with Gasteiger partial charge in [0.25, 0.3) is 0 Å². The second-order valence-electron chi connectivity index (χ2n) is 15.5. The molecular formula is C34H52O5. The Hall–Kier alpha value is -1.65. The summed E-state index contributed by atoms with van der Waals surface area (Å²) in [5.74, 6) is 1.76. The fourth-order valence-corrected chi connectivity index (χ4v) is 12.0. The second kappa shape index (κ2) is 9.44. The van der Waals surface area contributed by atoms with Crippen molar-refractivity contribution in [1.29, 1.82) is 0 Å². The largest absolute Gasteiger partial charge is 0.465 e. The SMILES string of the molecule is C=C(C)[C@@H]1CC[C@]2(C=O)CC[C@]3(C)C(CCC4[C@@]5(C)CC[C@H](OC(C)=O)[C@@](C)(COC(C)=O)[C@@H]5CC[C@]43C)C12. The maximum Gasteiger partial charge on any atom is 0.302 e. The molecule has 5 fully saturated rings. The molecule has 3 unspecified atom stereocenters. The van der Waals surface area contributed by atoms with Crippen molar-refractivity contribution in [3.63, 3.8) is 0 Å². The highest BCUT2D eigenvalue weighted by molar-refractivity contribution is 5.67. The number of hydrogen-bond acceptors (Lipinski definition) is 5. The normalized spacial score (nSPS) is 50.4. The summed E-state index contributed by atoms with van der Waals surface area (Å²) >= 11 is 0. The van der Waals surface area contributed by atoms with Crippen LogP contribution in [0.5, 0.6) is 0 Å². The first kappa shape index (κ1) is 28.9. The Kier molecular flexibility index (Phi) is 6.99. The Morgan fingerprint density at radius 3 is 2.15 bits per heavy atom. The van der Waals surface area contributed by atoms with E-state index in [9.17, 15) is 14.4 Å². The molecule has 39 heavy (non-hydrogen) atoms. The zero-order chi connectivity index (χ0) is 28.6. The van der Waals surface area contributed by atoms with Crippen LogP contribution in [0.2, 0.25) is 0 Å². The summed E-state index contributed by atoms with van der Waals surface area (Å²) in [6.07, 6.45) is 11.8. The van der Waals surface area contributed by atoms with Gasteiger partial charge >= 0.3 is 11.9 Å². The minimum atomic E-state index is -0.404. The van der Waals surface area contributed by atoms with Gasteiger partial charge in [-0.1, -0.05) is 39.8 Å². The molecule has 0 saturated heterocycles. The van der Waals surface area contributed by atoms with Gasteiger partial charge in [-0.3, -0.25) is 9.59 Å². The first-order valence-corrected chi connectivity index (χ1v) is 15.6. The fourth-order valence-electron chi connectivity index (χ4n) is 12.0. The molecule has 0 bridgehead atoms. The van der Waals surface area contributed by atoms with Crippen LogP contribution in [0.3, 0.4) is 0 Å². The maximum atomic E-state index is 12.7. The average Bonchev–Trinajstić information content (AvgIpc) is 3.25. The van der Waals surface area contributed by atoms with E-state index in [1.165, 1.54) is 38.5 Å². The van der Waals surface area contributed by atoms with Crippen molar-refractivity contribution < 1.29 is 23.9 Å². The number of fused-ring (bicyclic) bond motifs is 7. The molecule has 5 heteroatoms. The molecule has 5 saturated carbocycles. The van der Waals surface area contributed by atoms with Crippen LogP contribution in [0.25, 0.3) is 0 Å². The number of ether oxygens (including phenoxy) is 2. The molecule has 0 aromatic rings. The Morgan fingerprint density at radius 2 is 1.54 bits per heavy atom. The highest BCUT2D eigenvalue weighted by Gasteiger charge is 2.71. The molecule has 0 aromatic carbocycles. The molecule has 0 N–H and O–H groups in total. The van der Waals surface area contributed by atoms with Crippen LogP contribution in [-0.4, -0.2) is 30.9 Å². The molecule has 5 rings (SSSR count). The van der Waals surface area contributed by atoms with E-state index in [0.717, 1.165) is 51.4 Å². The lowest BCUT2D eigenvalue weighted by Gasteiger charge is -2.72. The van der Waals surface area contributed by atoms with Crippen LogP contribution in [0.1, 0.15) is 113 Å². The Morgan fingerprint density at radius 1 is 0.821 bits per heavy atom. The number of carbonyl (C=O) groups excluding carboxylic acids is 3. The van der Waals surface area contributed by atoms with Crippen molar-refractivity contribution in [3.05, 3.63) is 12.2 Å². The predicted octanol–water partition coefficient (Wildman–Crippen LogP) is 7.32. The molecular weight excluding hydrogens is 488 g/mol. The number of carbonyl (C=O) groups is 3. The van der Waals surface area contributed by atoms with Crippen LogP contribution >= 0.6 is 0 Å². The smallest absolute Gasteiger partial charge is 0.302 e. The van der Waals surface area contributed by atoms with Gasteiger partial charge in [-0.15, -0.1) is 0 Å². The number of allylic oxidation sites excluding steroid dienone is 1. The topological polar surface area (TPSA) is 69.7 Å². The van der Waals surface area contributed by atoms with Gasteiger partial charge in [0, 0.05) is 24.7 Å². The molecule has 11 atom stereocenters. The summed E-state index contributed by atoms with van der Waals surface area (Å²) in [5.41, 5.74) is 1.13. The lowest BCUT2D eigenvalue weighted by Crippen LogP contribution is -2.67. The van der Waals surface area contributed by atoms with E-state index in [0.29, 0.717) is 36.2 Å². The monoisotopic (exact) mass is 540 g/mol. The van der Waals surface area contributed by atoms with Gasteiger partial charge < -0.3 is 14.3 Å². The van der Waals surface area contributed by atoms with E-state index in [2.05, 4.69) is 41.2 Å². The first-order chi connectivity index (χ1) is 18.2. The van der Waals surface area contributed by atoms with Crippen molar-refractivity contribution in [2.75, 3.05) is 6.61 Å². The highest BCUT2D eigenvalue weighted by Crippen LogP contribution is 2.77. The Bertz CT molecular complexity index is 1050. The van der Waals surface area contributed by atoms with Gasteiger partial charge in [0.05, 0.1) is 0 Å². The quantitative estimate of drug-likeness (QED) is 0.208. The van der Waals surface area contributed by atoms with Crippen molar-refractivity contribution in [2.24, 2.45) is 56.7 Å². The molecule has 5 aliphatic rings. The van der Waals surface area contributed by atoms with E-state index in [1.54, 1.807) is 0 Å². The van der Waals surface area contributed by atoms with Crippen molar-refractivity contribution in [3.8, 4) is 0 Å². The van der Waals surface area contributed by atoms with Gasteiger partial charge in [-0.05, 0) is 117 Å². The molecule has 5 nitrogen and oxygen atoms in total. The molecule has 0 aliphatic heterocycles. The van der Waals surface area contributed by atoms with Gasteiger partial charge in [-0.2, -0.15) is 0 Å². The van der Waals surface area contributed by atoms with E-state index in [1.807, 2.05) is 0 Å². The molecule has 0 amide bonds. The van der Waals surface area contributed by atoms with E-state index >= 15 is 0 Å². The number of aldehydes is 1. The first-order valence-electron chi connectivity index (χ1n) is 15.6. The lowest BCUT2D eigenvalue weighted by molar-refractivity contribution is -0.255. The molecule has 5 aliphatic carbocycles. The zero-order valence-electron chi connectivity index (χ0n) is 25.6. The number of rotatable bonds is 5. The third-order valence-electron chi connectivity index (χ3n) is 14.0. The molecule has 218 valence electrons. The van der Waals surface area contributed by atoms with E-state index in [4.69, 9.17) is 9.47 Å². The van der Waals surface area contributed by atoms with Crippen LogP contribution in [0.15, 0.2) is 12.2 Å². The van der Waals surface area contributed by atoms with Crippen LogP contribution in [0, 0.1) is 56.7 Å². The summed E-state index contributed by atoms with van der Waals surface area (Å²) in [6, 6.07) is 0. The van der Waals surface area contributed by atoms with Crippen LogP contribution in [-0.2, 0) is 23.9 Å². The minimum absolute atomic E-state index is 0.0785. The van der Waals surface area contributed by atoms with Crippen molar-refractivity contribution in [2.45, 2.75) is 119 Å². The molecule has 0 aromatic heterocycles. The Labute approximate surface area is 236 Å². The third kappa shape index (κ3) is 3.94. The standard InChI is InChI=1S/C34H52O5/c1-21(2)24-11-16-34(19-35)18-17-32(7)25(29(24)34)9-10-27-30(5)14-13-28(39-23(4)37)31(6,20-38-22(3)36)26(30)12-15-33(27,32)8/h19,24-29H,1,9-18,20H2,2-8H3/t24-,25?,26+,27?,28-,29?,30-,31-,32+,33+,34+/m0/s1. The number of esters is 2. The molecule has 0 spiro atoms. The average molecular weight is 541 g/mol. The summed E-state index contributed by atoms with van der Waals surface area (Å²) in [7, 11) is 0. The minimum Gasteiger partial charge on any atom is -0.465 e. The van der Waals surface area contributed by atoms with Gasteiger partial charge in [-0.25, -0.2) is 0 Å². The zero-order valence-corrected chi connectivity index (χ0v) is 25.6. The molecule has 0 radical (unpaired) electrons. The fraction of sp³-hybridized carbons (Fsp3) is 0.853. The van der Waals surface area contributed by atoms with E-state index in [-0.39, 0.29) is 39.7 Å². The summed E-state index contributed by atoms with van der Waals surface area (Å²) in [6.45, 7) is 19.7. The van der Waals surface area contributed by atoms with E-state index < -0.39 is 5.41 Å². The maximum absolute atomic E-state index is 12.7. The van der Waals surface area contributed by atoms with Gasteiger partial charge in [0.15, 0.2) is 0 Å². The lowest BCUT2D eigenvalue weighted by atomic mass is 9.32. The van der Waals surface area contributed by atoms with Crippen LogP contribution in [0.4, 0.5) is 0 Å². The summed E-state index contributed by atoms with van der Waals surface area (Å²) in [4.78, 5) is 36.7. The summed E-state index contributed by atoms with van der Waals surface area (Å²) in [5, 5.41) is 0. The second-order valence-corrected chi connectivity index (χ2v) is 15.5. The highest BCUT2D eigenvalue weighted by atomic mass is 16.6. The molecule has 0 heterocycles. The number of hydrogen-bond donors (Lipinski definition) is 0. The van der Waals surface area contributed by atoms with Gasteiger partial charge in [0.2, 0.25) is 0 Å². The Balaban J connectivity index is 1.52.